The molecule has 0 atom stereocenters. The number of nitrogens with zero attached hydrogens (tertiary/aromatic N) is 2. The Morgan fingerprint density at radius 1 is 1.64 bits per heavy atom. The van der Waals surface area contributed by atoms with Gasteiger partial charge in [-0.05, 0) is 12.5 Å². The Balaban J connectivity index is 2.35. The summed E-state index contributed by atoms with van der Waals surface area (Å²) >= 11 is 5.93. The van der Waals surface area contributed by atoms with Crippen LogP contribution in [0.5, 0.6) is 0 Å². The lowest BCUT2D eigenvalue weighted by Crippen LogP contribution is -2.19. The van der Waals surface area contributed by atoms with E-state index in [1.807, 2.05) is 16.8 Å². The van der Waals surface area contributed by atoms with Crippen molar-refractivity contribution in [3.8, 4) is 0 Å². The van der Waals surface area contributed by atoms with Gasteiger partial charge in [-0.15, -0.1) is 0 Å². The lowest BCUT2D eigenvalue weighted by atomic mass is 10.3. The van der Waals surface area contributed by atoms with Crippen molar-refractivity contribution in [3.05, 3.63) is 29.5 Å². The summed E-state index contributed by atoms with van der Waals surface area (Å²) < 4.78 is 1.99. The minimum absolute atomic E-state index is 0.617. The molecule has 0 spiro atoms. The van der Waals surface area contributed by atoms with E-state index in [0.29, 0.717) is 5.16 Å². The van der Waals surface area contributed by atoms with Crippen molar-refractivity contribution < 1.29 is 0 Å². The van der Waals surface area contributed by atoms with E-state index in [-0.39, 0.29) is 0 Å². The maximum Gasteiger partial charge on any atom is 0.141 e. The Kier molecular flexibility index (Phi) is 2.59. The average molecular weight is 210 g/mol. The number of fused-ring (bicyclic) bond motifs is 1. The van der Waals surface area contributed by atoms with Crippen molar-refractivity contribution in [1.29, 1.82) is 0 Å². The van der Waals surface area contributed by atoms with Crippen molar-refractivity contribution in [2.75, 3.05) is 0 Å². The molecule has 3 nitrogen and oxygen atoms in total. The second kappa shape index (κ2) is 3.88. The molecule has 0 aliphatic carbocycles. The Labute approximate surface area is 88.1 Å². The Hall–Kier alpha value is -1.22. The molecule has 1 aromatic rings. The van der Waals surface area contributed by atoms with Gasteiger partial charge in [-0.3, -0.25) is 4.57 Å². The highest BCUT2D eigenvalue weighted by atomic mass is 35.5. The van der Waals surface area contributed by atoms with Crippen LogP contribution in [0.2, 0.25) is 0 Å². The molecule has 1 aliphatic rings. The minimum atomic E-state index is 0.617. The maximum absolute atomic E-state index is 5.93. The van der Waals surface area contributed by atoms with E-state index in [1.54, 1.807) is 6.20 Å². The van der Waals surface area contributed by atoms with Crippen LogP contribution >= 0.6 is 11.6 Å². The fourth-order valence-corrected chi connectivity index (χ4v) is 1.58. The van der Waals surface area contributed by atoms with Crippen LogP contribution in [-0.2, 0) is 0 Å². The van der Waals surface area contributed by atoms with Gasteiger partial charge < -0.3 is 5.32 Å². The summed E-state index contributed by atoms with van der Waals surface area (Å²) in [6.07, 6.45) is 9.78. The van der Waals surface area contributed by atoms with Crippen LogP contribution in [0.15, 0.2) is 23.6 Å². The number of halogens is 1. The molecule has 0 fully saturated rings. The Morgan fingerprint density at radius 2 is 2.50 bits per heavy atom. The maximum atomic E-state index is 5.93. The van der Waals surface area contributed by atoms with Gasteiger partial charge in [-0.25, -0.2) is 4.98 Å². The van der Waals surface area contributed by atoms with Gasteiger partial charge in [0.2, 0.25) is 0 Å². The molecule has 14 heavy (non-hydrogen) atoms. The molecule has 2 heterocycles. The molecule has 2 rings (SSSR count). The number of aromatic nitrogens is 2. The summed E-state index contributed by atoms with van der Waals surface area (Å²) in [5.74, 6) is 1.86. The monoisotopic (exact) mass is 209 g/mol. The van der Waals surface area contributed by atoms with E-state index in [0.717, 1.165) is 24.5 Å². The van der Waals surface area contributed by atoms with Crippen LogP contribution in [0.1, 0.15) is 25.6 Å². The van der Waals surface area contributed by atoms with E-state index in [2.05, 4.69) is 23.3 Å². The van der Waals surface area contributed by atoms with Gasteiger partial charge in [0.05, 0.1) is 0 Å². The molecule has 0 radical (unpaired) electrons. The third-order valence-electron chi connectivity index (χ3n) is 2.06. The molecule has 0 aromatic carbocycles. The molecule has 1 aromatic heterocycles. The Bertz CT molecular complexity index is 390. The van der Waals surface area contributed by atoms with Crippen LogP contribution in [-0.4, -0.2) is 9.55 Å². The first-order valence-electron chi connectivity index (χ1n) is 4.69. The smallest absolute Gasteiger partial charge is 0.141 e. The molecule has 0 saturated heterocycles. The van der Waals surface area contributed by atoms with Gasteiger partial charge in [0.25, 0.3) is 0 Å². The zero-order valence-corrected chi connectivity index (χ0v) is 8.75. The van der Waals surface area contributed by atoms with Crippen LogP contribution in [0.25, 0.3) is 11.9 Å². The number of nitrogens with one attached hydrogen (secondary N) is 1. The molecule has 0 amide bonds. The van der Waals surface area contributed by atoms with E-state index < -0.39 is 0 Å². The SMILES string of the molecule is CCC/C=C1\NC(Cl)=Cc2nccn21. The van der Waals surface area contributed by atoms with Gasteiger partial charge in [-0.1, -0.05) is 24.9 Å². The van der Waals surface area contributed by atoms with Gasteiger partial charge in [0.1, 0.15) is 16.8 Å². The van der Waals surface area contributed by atoms with Crippen LogP contribution in [0.3, 0.4) is 0 Å². The third kappa shape index (κ3) is 1.68. The molecular formula is C10H12ClN3. The van der Waals surface area contributed by atoms with Crippen molar-refractivity contribution >= 4 is 23.5 Å². The minimum Gasteiger partial charge on any atom is -0.332 e. The Morgan fingerprint density at radius 3 is 3.29 bits per heavy atom. The summed E-state index contributed by atoms with van der Waals surface area (Å²) in [5, 5.41) is 3.72. The number of allylic oxidation sites excluding steroid dienone is 1. The summed E-state index contributed by atoms with van der Waals surface area (Å²) in [6, 6.07) is 0. The molecule has 0 saturated carbocycles. The summed E-state index contributed by atoms with van der Waals surface area (Å²) in [4.78, 5) is 4.19. The highest BCUT2D eigenvalue weighted by Crippen LogP contribution is 2.19. The van der Waals surface area contributed by atoms with Crippen LogP contribution in [0.4, 0.5) is 0 Å². The summed E-state index contributed by atoms with van der Waals surface area (Å²) in [6.45, 7) is 2.14. The molecule has 0 unspecified atom stereocenters. The van der Waals surface area contributed by atoms with Crippen molar-refractivity contribution in [3.63, 3.8) is 0 Å². The molecule has 1 aliphatic heterocycles. The van der Waals surface area contributed by atoms with E-state index >= 15 is 0 Å². The number of unbranched alkanes of at least 4 members (excludes halogenated alkanes) is 1. The summed E-state index contributed by atoms with van der Waals surface area (Å²) in [7, 11) is 0. The molecule has 1 N–H and O–H groups in total. The van der Waals surface area contributed by atoms with E-state index in [9.17, 15) is 0 Å². The first kappa shape index (κ1) is 9.34. The fraction of sp³-hybridized carbons (Fsp3) is 0.300. The van der Waals surface area contributed by atoms with Crippen molar-refractivity contribution in [1.82, 2.24) is 14.9 Å². The van der Waals surface area contributed by atoms with Gasteiger partial charge in [0.15, 0.2) is 0 Å². The highest BCUT2D eigenvalue weighted by molar-refractivity contribution is 6.31. The molecule has 74 valence electrons. The third-order valence-corrected chi connectivity index (χ3v) is 2.26. The largest absolute Gasteiger partial charge is 0.332 e. The van der Waals surface area contributed by atoms with Crippen molar-refractivity contribution in [2.45, 2.75) is 19.8 Å². The predicted molar refractivity (Wildman–Crippen MR) is 58.4 cm³/mol. The number of hydrogen-bond acceptors (Lipinski definition) is 2. The number of hydrogen-bond donors (Lipinski definition) is 1. The highest BCUT2D eigenvalue weighted by Gasteiger charge is 2.11. The first-order valence-corrected chi connectivity index (χ1v) is 5.07. The first-order chi connectivity index (χ1) is 6.81. The normalized spacial score (nSPS) is 17.6. The van der Waals surface area contributed by atoms with Gasteiger partial charge >= 0.3 is 0 Å². The second-order valence-corrected chi connectivity index (χ2v) is 3.56. The molecule has 0 bridgehead atoms. The zero-order valence-electron chi connectivity index (χ0n) is 8.00. The van der Waals surface area contributed by atoms with Crippen LogP contribution < -0.4 is 5.32 Å². The quantitative estimate of drug-likeness (QED) is 0.759. The number of rotatable bonds is 2. The molecule has 4 heteroatoms. The van der Waals surface area contributed by atoms with Gasteiger partial charge in [0, 0.05) is 18.5 Å². The average Bonchev–Trinajstić information content (AvgIpc) is 2.61. The lowest BCUT2D eigenvalue weighted by molar-refractivity contribution is 0.897. The van der Waals surface area contributed by atoms with Gasteiger partial charge in [-0.2, -0.15) is 0 Å². The van der Waals surface area contributed by atoms with Crippen LogP contribution in [0, 0.1) is 0 Å². The van der Waals surface area contributed by atoms with E-state index in [1.165, 1.54) is 0 Å². The standard InChI is InChI=1S/C10H12ClN3/c1-2-3-4-9-13-8(11)7-10-12-5-6-14(9)10/h4-7,13H,2-3H2,1H3/b9-4+. The second-order valence-electron chi connectivity index (χ2n) is 3.15. The van der Waals surface area contributed by atoms with Crippen molar-refractivity contribution in [2.24, 2.45) is 0 Å². The predicted octanol–water partition coefficient (Wildman–Crippen LogP) is 2.62. The lowest BCUT2D eigenvalue weighted by Gasteiger charge is -2.17. The summed E-state index contributed by atoms with van der Waals surface area (Å²) in [5.41, 5.74) is 0. The zero-order chi connectivity index (χ0) is 9.97. The fourth-order valence-electron chi connectivity index (χ4n) is 1.39. The molecular weight excluding hydrogens is 198 g/mol. The number of imidazole rings is 1. The topological polar surface area (TPSA) is 29.9 Å². The van der Waals surface area contributed by atoms with E-state index in [4.69, 9.17) is 11.6 Å².